The number of hydrogen-bond donors (Lipinski definition) is 0. The van der Waals surface area contributed by atoms with Crippen LogP contribution in [-0.2, 0) is 0 Å². The Morgan fingerprint density at radius 1 is 1.67 bits per heavy atom. The van der Waals surface area contributed by atoms with Crippen LogP contribution in [0.15, 0.2) is 11.4 Å². The van der Waals surface area contributed by atoms with Crippen LogP contribution in [-0.4, -0.2) is 0 Å². The van der Waals surface area contributed by atoms with Crippen LogP contribution in [0, 0.1) is 23.7 Å². The molecule has 0 saturated heterocycles. The Bertz CT molecular complexity index is 256. The lowest BCUT2D eigenvalue weighted by molar-refractivity contribution is 1.52. The second kappa shape index (κ2) is 2.35. The molecule has 0 aliphatic carbocycles. The molecule has 1 aromatic heterocycles. The highest BCUT2D eigenvalue weighted by molar-refractivity contribution is 7.10. The van der Waals surface area contributed by atoms with E-state index in [1.807, 2.05) is 6.07 Å². The summed E-state index contributed by atoms with van der Waals surface area (Å²) in [7, 11) is 0. The molecular weight excluding hydrogens is 130 g/mol. The molecule has 1 nitrogen and oxygen atoms in total. The van der Waals surface area contributed by atoms with E-state index in [1.165, 1.54) is 11.3 Å². The first-order chi connectivity index (χ1) is 4.36. The molecule has 42 valence electrons. The van der Waals surface area contributed by atoms with E-state index in [9.17, 15) is 0 Å². The highest BCUT2D eigenvalue weighted by atomic mass is 32.1. The molecule has 9 heavy (non-hydrogen) atoms. The topological polar surface area (TPSA) is 23.8 Å². The van der Waals surface area contributed by atoms with Crippen molar-refractivity contribution in [2.45, 2.75) is 0 Å². The van der Waals surface area contributed by atoms with Gasteiger partial charge >= 0.3 is 0 Å². The summed E-state index contributed by atoms with van der Waals surface area (Å²) in [5, 5.41) is 10.1. The third-order valence-electron chi connectivity index (χ3n) is 0.876. The van der Waals surface area contributed by atoms with Crippen molar-refractivity contribution in [3.05, 3.63) is 21.9 Å². The first kappa shape index (κ1) is 5.88. The van der Waals surface area contributed by atoms with E-state index in [0.717, 1.165) is 5.56 Å². The third-order valence-corrected chi connectivity index (χ3v) is 1.71. The van der Waals surface area contributed by atoms with Gasteiger partial charge in [-0.1, -0.05) is 5.92 Å². The number of hydrogen-bond acceptors (Lipinski definition) is 2. The minimum absolute atomic E-state index is 0.669. The molecular formula is C7H3NS. The van der Waals surface area contributed by atoms with Gasteiger partial charge in [0.05, 0.1) is 0 Å². The molecule has 0 aromatic carbocycles. The fraction of sp³-hybridized carbons (Fsp3) is 0. The SMILES string of the molecule is C#Cc1csc(C#N)c1. The lowest BCUT2D eigenvalue weighted by atomic mass is 10.3. The van der Waals surface area contributed by atoms with E-state index in [1.54, 1.807) is 11.4 Å². The van der Waals surface area contributed by atoms with Crippen LogP contribution in [0.3, 0.4) is 0 Å². The highest BCUT2D eigenvalue weighted by Gasteiger charge is 1.92. The van der Waals surface area contributed by atoms with Crippen LogP contribution in [0.1, 0.15) is 10.4 Å². The van der Waals surface area contributed by atoms with Gasteiger partial charge in [0, 0.05) is 10.9 Å². The van der Waals surface area contributed by atoms with Gasteiger partial charge in [0.15, 0.2) is 0 Å². The first-order valence-electron chi connectivity index (χ1n) is 2.32. The van der Waals surface area contributed by atoms with Crippen molar-refractivity contribution in [3.63, 3.8) is 0 Å². The van der Waals surface area contributed by atoms with Gasteiger partial charge in [-0.25, -0.2) is 0 Å². The van der Waals surface area contributed by atoms with E-state index < -0.39 is 0 Å². The minimum atomic E-state index is 0.669. The normalized spacial score (nSPS) is 7.78. The van der Waals surface area contributed by atoms with Crippen molar-refractivity contribution in [1.29, 1.82) is 5.26 Å². The molecule has 0 fully saturated rings. The molecule has 0 atom stereocenters. The summed E-state index contributed by atoms with van der Waals surface area (Å²) in [5.74, 6) is 2.44. The van der Waals surface area contributed by atoms with Gasteiger partial charge in [0.25, 0.3) is 0 Å². The fourth-order valence-corrected chi connectivity index (χ4v) is 1.11. The molecule has 0 amide bonds. The van der Waals surface area contributed by atoms with Gasteiger partial charge in [-0.3, -0.25) is 0 Å². The monoisotopic (exact) mass is 133 g/mol. The van der Waals surface area contributed by atoms with Crippen molar-refractivity contribution in [2.75, 3.05) is 0 Å². The van der Waals surface area contributed by atoms with Gasteiger partial charge in [-0.2, -0.15) is 5.26 Å². The Balaban J connectivity index is 3.08. The van der Waals surface area contributed by atoms with Crippen LogP contribution < -0.4 is 0 Å². The zero-order valence-electron chi connectivity index (χ0n) is 4.59. The quantitative estimate of drug-likeness (QED) is 0.493. The number of terminal acetylenes is 1. The lowest BCUT2D eigenvalue weighted by Crippen LogP contribution is -1.59. The maximum absolute atomic E-state index is 8.34. The first-order valence-corrected chi connectivity index (χ1v) is 3.20. The fourth-order valence-electron chi connectivity index (χ4n) is 0.471. The molecule has 0 radical (unpaired) electrons. The molecule has 0 aliphatic rings. The Kier molecular flexibility index (Phi) is 1.53. The predicted molar refractivity (Wildman–Crippen MR) is 37.0 cm³/mol. The summed E-state index contributed by atoms with van der Waals surface area (Å²) >= 11 is 1.37. The van der Waals surface area contributed by atoms with Gasteiger partial charge in [0.2, 0.25) is 0 Å². The summed E-state index contributed by atoms with van der Waals surface area (Å²) in [6.07, 6.45) is 5.07. The zero-order chi connectivity index (χ0) is 6.69. The molecule has 1 heterocycles. The molecule has 0 bridgehead atoms. The van der Waals surface area contributed by atoms with Gasteiger partial charge in [0.1, 0.15) is 10.9 Å². The smallest absolute Gasteiger partial charge is 0.110 e. The van der Waals surface area contributed by atoms with E-state index in [-0.39, 0.29) is 0 Å². The van der Waals surface area contributed by atoms with Crippen molar-refractivity contribution in [2.24, 2.45) is 0 Å². The van der Waals surface area contributed by atoms with Crippen LogP contribution >= 0.6 is 11.3 Å². The maximum atomic E-state index is 8.34. The number of rotatable bonds is 0. The third kappa shape index (κ3) is 1.10. The van der Waals surface area contributed by atoms with Crippen molar-refractivity contribution >= 4 is 11.3 Å². The van der Waals surface area contributed by atoms with Gasteiger partial charge < -0.3 is 0 Å². The largest absolute Gasteiger partial charge is 0.192 e. The van der Waals surface area contributed by atoms with Crippen LogP contribution in [0.2, 0.25) is 0 Å². The summed E-state index contributed by atoms with van der Waals surface area (Å²) in [6.45, 7) is 0. The number of nitrogens with zero attached hydrogens (tertiary/aromatic N) is 1. The van der Waals surface area contributed by atoms with E-state index >= 15 is 0 Å². The Morgan fingerprint density at radius 2 is 2.44 bits per heavy atom. The number of nitriles is 1. The molecule has 2 heteroatoms. The van der Waals surface area contributed by atoms with E-state index in [4.69, 9.17) is 11.7 Å². The van der Waals surface area contributed by atoms with Crippen molar-refractivity contribution in [3.8, 4) is 18.4 Å². The average molecular weight is 133 g/mol. The molecule has 1 aromatic rings. The molecule has 0 aliphatic heterocycles. The van der Waals surface area contributed by atoms with Crippen molar-refractivity contribution < 1.29 is 0 Å². The van der Waals surface area contributed by atoms with E-state index in [2.05, 4.69) is 5.92 Å². The summed E-state index contributed by atoms with van der Waals surface area (Å²) in [6, 6.07) is 3.70. The summed E-state index contributed by atoms with van der Waals surface area (Å²) < 4.78 is 0. The molecule has 0 saturated carbocycles. The van der Waals surface area contributed by atoms with Crippen LogP contribution in [0.5, 0.6) is 0 Å². The summed E-state index contributed by atoms with van der Waals surface area (Å²) in [5.41, 5.74) is 0.788. The number of thiophene rings is 1. The highest BCUT2D eigenvalue weighted by Crippen LogP contribution is 2.11. The Hall–Kier alpha value is -1.25. The Morgan fingerprint density at radius 3 is 2.78 bits per heavy atom. The molecule has 0 N–H and O–H groups in total. The van der Waals surface area contributed by atoms with Gasteiger partial charge in [-0.05, 0) is 6.07 Å². The van der Waals surface area contributed by atoms with Crippen molar-refractivity contribution in [1.82, 2.24) is 0 Å². The Labute approximate surface area is 57.6 Å². The molecule has 0 spiro atoms. The van der Waals surface area contributed by atoms with Crippen LogP contribution in [0.25, 0.3) is 0 Å². The summed E-state index contributed by atoms with van der Waals surface area (Å²) in [4.78, 5) is 0.669. The molecule has 1 rings (SSSR count). The zero-order valence-corrected chi connectivity index (χ0v) is 5.40. The second-order valence-electron chi connectivity index (χ2n) is 1.46. The predicted octanol–water partition coefficient (Wildman–Crippen LogP) is 1.60. The second-order valence-corrected chi connectivity index (χ2v) is 2.37. The van der Waals surface area contributed by atoms with Crippen LogP contribution in [0.4, 0.5) is 0 Å². The molecule has 0 unspecified atom stereocenters. The minimum Gasteiger partial charge on any atom is -0.192 e. The lowest BCUT2D eigenvalue weighted by Gasteiger charge is -1.68. The van der Waals surface area contributed by atoms with E-state index in [0.29, 0.717) is 4.88 Å². The average Bonchev–Trinajstić information content (AvgIpc) is 2.34. The van der Waals surface area contributed by atoms with Gasteiger partial charge in [-0.15, -0.1) is 17.8 Å². The standard InChI is InChI=1S/C7H3NS/c1-2-6-3-7(4-8)9-5-6/h1,3,5H. The maximum Gasteiger partial charge on any atom is 0.110 e.